The fourth-order valence-electron chi connectivity index (χ4n) is 12.9. The molecule has 17 heteroatoms. The molecule has 0 bridgehead atoms. The van der Waals surface area contributed by atoms with E-state index in [1.807, 2.05) is 171 Å². The van der Waals surface area contributed by atoms with Gasteiger partial charge in [0.2, 0.25) is 0 Å². The molecule has 0 N–H and O–H groups in total. The van der Waals surface area contributed by atoms with Crippen LogP contribution in [0.1, 0.15) is 100 Å². The third-order valence-corrected chi connectivity index (χ3v) is 20.3. The van der Waals surface area contributed by atoms with Gasteiger partial charge in [-0.05, 0) is 285 Å². The maximum atomic E-state index is 5.75. The Hall–Kier alpha value is -13.5. The smallest absolute Gasteiger partial charge is 0.127 e. The first-order valence-corrected chi connectivity index (χ1v) is 41.1. The summed E-state index contributed by atoms with van der Waals surface area (Å²) in [6.07, 6.45) is 0.815. The van der Waals surface area contributed by atoms with Crippen molar-refractivity contribution in [1.82, 2.24) is 0 Å². The van der Waals surface area contributed by atoms with Gasteiger partial charge < -0.3 is 80.5 Å². The van der Waals surface area contributed by atoms with E-state index in [9.17, 15) is 0 Å². The van der Waals surface area contributed by atoms with Gasteiger partial charge >= 0.3 is 0 Å². The van der Waals surface area contributed by atoms with Gasteiger partial charge in [-0.1, -0.05) is 130 Å². The topological polar surface area (TPSA) is 157 Å². The Bertz CT molecular complexity index is 5030. The first-order valence-electron chi connectivity index (χ1n) is 41.1. The third kappa shape index (κ3) is 32.6. The van der Waals surface area contributed by atoms with Crippen molar-refractivity contribution in [3.8, 4) is 109 Å². The zero-order chi connectivity index (χ0) is 92.8. The number of ether oxygens (including phenoxy) is 17. The van der Waals surface area contributed by atoms with Crippen LogP contribution in [0.15, 0.2) is 255 Å². The van der Waals surface area contributed by atoms with Gasteiger partial charge in [0.05, 0.1) is 121 Å². The minimum Gasteiger partial charge on any atom is -0.497 e. The minimum atomic E-state index is -0.0837. The lowest BCUT2D eigenvalue weighted by molar-refractivity contribution is 0.396. The van der Waals surface area contributed by atoms with Gasteiger partial charge in [0.15, 0.2) is 0 Å². The van der Waals surface area contributed by atoms with Crippen molar-refractivity contribution in [2.75, 3.05) is 121 Å². The highest BCUT2D eigenvalue weighted by Gasteiger charge is 2.27. The molecule has 0 aliphatic rings. The summed E-state index contributed by atoms with van der Waals surface area (Å²) in [4.78, 5) is 0. The molecule has 0 spiro atoms. The number of aryl methyl sites for hydroxylation is 11. The average Bonchev–Trinajstić information content (AvgIpc) is 0.768. The van der Waals surface area contributed by atoms with Crippen LogP contribution in [0.2, 0.25) is 0 Å². The molecule has 0 aliphatic carbocycles. The fourth-order valence-corrected chi connectivity index (χ4v) is 12.9. The summed E-state index contributed by atoms with van der Waals surface area (Å²) in [6.45, 7) is 24.9. The second-order valence-electron chi connectivity index (χ2n) is 29.2. The van der Waals surface area contributed by atoms with Crippen molar-refractivity contribution in [3.63, 3.8) is 0 Å². The molecule has 0 aromatic heterocycles. The molecule has 13 rings (SSSR count). The quantitative estimate of drug-likeness (QED) is 0.0557. The molecule has 0 saturated carbocycles. The van der Waals surface area contributed by atoms with E-state index in [2.05, 4.69) is 167 Å². The Morgan fingerprint density at radius 3 is 0.754 bits per heavy atom. The predicted molar refractivity (Wildman–Crippen MR) is 515 cm³/mol. The average molecular weight is 1710 g/mol. The van der Waals surface area contributed by atoms with Crippen LogP contribution in [-0.4, -0.2) is 121 Å². The molecule has 17 nitrogen and oxygen atoms in total. The van der Waals surface area contributed by atoms with Crippen LogP contribution < -0.4 is 80.5 Å². The van der Waals surface area contributed by atoms with Crippen molar-refractivity contribution in [2.24, 2.45) is 0 Å². The summed E-state index contributed by atoms with van der Waals surface area (Å²) in [6, 6.07) is 83.8. The highest BCUT2D eigenvalue weighted by molar-refractivity contribution is 5.78. The highest BCUT2D eigenvalue weighted by Crippen LogP contribution is 2.46. The minimum absolute atomic E-state index is 0.0837. The number of benzene rings is 13. The molecule has 0 fully saturated rings. The lowest BCUT2D eigenvalue weighted by Gasteiger charge is -2.25. The second kappa shape index (κ2) is 54.9. The molecule has 0 unspecified atom stereocenters. The largest absolute Gasteiger partial charge is 0.497 e. The van der Waals surface area contributed by atoms with E-state index in [-0.39, 0.29) is 5.92 Å². The van der Waals surface area contributed by atoms with Crippen molar-refractivity contribution in [2.45, 2.75) is 95.4 Å². The van der Waals surface area contributed by atoms with Gasteiger partial charge in [-0.2, -0.15) is 0 Å². The Labute approximate surface area is 750 Å². The van der Waals surface area contributed by atoms with E-state index in [1.165, 1.54) is 77.9 Å². The number of methoxy groups -OCH3 is 17. The molecule has 126 heavy (non-hydrogen) atoms. The molecule has 0 atom stereocenters. The van der Waals surface area contributed by atoms with Crippen LogP contribution in [0.5, 0.6) is 97.7 Å². The summed E-state index contributed by atoms with van der Waals surface area (Å²) in [7, 11) is 28.5. The van der Waals surface area contributed by atoms with E-state index in [4.69, 9.17) is 80.5 Å². The number of hydrogen-bond acceptors (Lipinski definition) is 17. The lowest BCUT2D eigenvalue weighted by atomic mass is 9.82. The molecule has 0 radical (unpaired) electrons. The van der Waals surface area contributed by atoms with Gasteiger partial charge in [-0.15, -0.1) is 0 Å². The van der Waals surface area contributed by atoms with Gasteiger partial charge in [0.25, 0.3) is 0 Å². The first-order chi connectivity index (χ1) is 60.6. The van der Waals surface area contributed by atoms with Gasteiger partial charge in [-0.25, -0.2) is 0 Å². The highest BCUT2D eigenvalue weighted by atomic mass is 16.5. The van der Waals surface area contributed by atoms with E-state index >= 15 is 0 Å². The normalized spacial score (nSPS) is 9.89. The summed E-state index contributed by atoms with van der Waals surface area (Å²) < 4.78 is 89.3. The van der Waals surface area contributed by atoms with Crippen LogP contribution in [0, 0.1) is 83.1 Å². The zero-order valence-corrected chi connectivity index (χ0v) is 79.5. The van der Waals surface area contributed by atoms with Crippen molar-refractivity contribution in [1.29, 1.82) is 0 Å². The van der Waals surface area contributed by atoms with E-state index in [0.29, 0.717) is 0 Å². The summed E-state index contributed by atoms with van der Waals surface area (Å²) in [5.41, 5.74) is 22.3. The fraction of sp³-hybridized carbons (Fsp3) is 0.284. The molecule has 0 amide bonds. The Morgan fingerprint density at radius 2 is 0.437 bits per heavy atom. The van der Waals surface area contributed by atoms with Crippen molar-refractivity contribution >= 4 is 0 Å². The number of rotatable bonds is 23. The molecular formula is C109H132O17. The molecule has 0 heterocycles. The monoisotopic (exact) mass is 1710 g/mol. The van der Waals surface area contributed by atoms with Crippen LogP contribution in [0.3, 0.4) is 0 Å². The van der Waals surface area contributed by atoms with Crippen LogP contribution >= 0.6 is 0 Å². The van der Waals surface area contributed by atoms with Crippen molar-refractivity contribution in [3.05, 3.63) is 349 Å². The maximum Gasteiger partial charge on any atom is 0.127 e. The number of hydrogen-bond donors (Lipinski definition) is 0. The van der Waals surface area contributed by atoms with E-state index in [0.717, 1.165) is 132 Å². The van der Waals surface area contributed by atoms with Crippen molar-refractivity contribution < 1.29 is 80.5 Å². The molecular weight excluding hydrogens is 1580 g/mol. The molecule has 670 valence electrons. The van der Waals surface area contributed by atoms with E-state index < -0.39 is 0 Å². The molecule has 0 saturated heterocycles. The Balaban J connectivity index is 0.000000259. The Kier molecular flexibility index (Phi) is 44.8. The third-order valence-electron chi connectivity index (χ3n) is 20.3. The van der Waals surface area contributed by atoms with Crippen LogP contribution in [-0.2, 0) is 6.42 Å². The van der Waals surface area contributed by atoms with E-state index in [1.54, 1.807) is 121 Å². The SMILES string of the molecule is COc1cc(C)ccc1C.COc1ccc(C)c(C)c1.COc1ccc(C)cc1C(c1cc(C)ccc1OC)c1cc(C)ccc1OC.COc1ccc(C)cc1Cc1cc(C)ccc1OC.COc1ccc(OC)c(-c2cc(C)ccc2OC)c1.COc1ccc(OC)cc1.COc1ccc(OC)cc1.COc1ccc(OC)cc1.COc1cccc(C)c1C. The van der Waals surface area contributed by atoms with Gasteiger partial charge in [0.1, 0.15) is 97.7 Å². The van der Waals surface area contributed by atoms with Gasteiger partial charge in [-0.3, -0.25) is 0 Å². The second-order valence-corrected chi connectivity index (χ2v) is 29.2. The molecule has 13 aromatic rings. The summed E-state index contributed by atoms with van der Waals surface area (Å²) in [5, 5.41) is 0. The Morgan fingerprint density at radius 1 is 0.175 bits per heavy atom. The molecule has 13 aromatic carbocycles. The summed E-state index contributed by atoms with van der Waals surface area (Å²) >= 11 is 0. The van der Waals surface area contributed by atoms with Crippen LogP contribution in [0.25, 0.3) is 11.1 Å². The lowest BCUT2D eigenvalue weighted by Crippen LogP contribution is -2.10. The van der Waals surface area contributed by atoms with Gasteiger partial charge in [0, 0.05) is 40.2 Å². The zero-order valence-electron chi connectivity index (χ0n) is 79.5. The first kappa shape index (κ1) is 103. The standard InChI is InChI=1S/C25H28O3.C17H20O2.C16H18O3.3C9H12O.3C8H10O2/c1-16-7-10-22(26-4)19(13-16)25(20-14-17(2)8-11-23(20)27-5)21-15-18(3)9-12-24(21)28-6;1-12-5-7-16(18-3)14(9-12)11-15-10-13(2)6-8-17(15)19-4;1-11-5-7-15(18-3)13(9-11)14-10-12(17-2)6-8-16(14)19-4;1-7-4-5-9(10-3)6-8(7)2;1-7-4-5-8(2)9(6-7)10-3;1-7-5-4-6-9(10-3)8(7)2;3*1-9-7-3-5-8(10-2)6-4-7/h7-15,25H,1-6H3;5-10H,11H2,1-4H3;5-10H,1-4H3;3*4-6H,1-3H3;3*3-6H,1-2H3. The predicted octanol–water partition coefficient (Wildman–Crippen LogP) is 25.5. The molecule has 0 aliphatic heterocycles. The van der Waals surface area contributed by atoms with Crippen LogP contribution in [0.4, 0.5) is 0 Å². The maximum absolute atomic E-state index is 5.75. The summed E-state index contributed by atoms with van der Waals surface area (Å²) in [5.74, 6) is 14.7.